The van der Waals surface area contributed by atoms with Crippen LogP contribution in [0.3, 0.4) is 0 Å². The maximum absolute atomic E-state index is 12.4. The fourth-order valence-electron chi connectivity index (χ4n) is 3.19. The van der Waals surface area contributed by atoms with Gasteiger partial charge in [-0.2, -0.15) is 0 Å². The third-order valence-electron chi connectivity index (χ3n) is 4.56. The van der Waals surface area contributed by atoms with Gasteiger partial charge in [0, 0.05) is 46.9 Å². The van der Waals surface area contributed by atoms with Gasteiger partial charge in [0.25, 0.3) is 5.91 Å². The van der Waals surface area contributed by atoms with E-state index in [4.69, 9.17) is 9.15 Å². The summed E-state index contributed by atoms with van der Waals surface area (Å²) in [7, 11) is 3.48. The second-order valence-electron chi connectivity index (χ2n) is 6.41. The number of methoxy groups -OCH3 is 1. The van der Waals surface area contributed by atoms with Crippen LogP contribution in [0, 0.1) is 0 Å². The van der Waals surface area contributed by atoms with E-state index >= 15 is 0 Å². The molecule has 7 nitrogen and oxygen atoms in total. The van der Waals surface area contributed by atoms with Crippen molar-refractivity contribution in [3.05, 3.63) is 59.5 Å². The lowest BCUT2D eigenvalue weighted by Crippen LogP contribution is -2.53. The summed E-state index contributed by atoms with van der Waals surface area (Å²) >= 11 is 0. The number of aliphatic imine (C=N–C) groups is 1. The molecule has 1 aromatic heterocycles. The van der Waals surface area contributed by atoms with E-state index in [0.29, 0.717) is 32.0 Å². The van der Waals surface area contributed by atoms with Gasteiger partial charge in [0.05, 0.1) is 12.9 Å². The Balaban J connectivity index is 0.00000280. The van der Waals surface area contributed by atoms with E-state index in [1.807, 2.05) is 11.0 Å². The zero-order valence-electron chi connectivity index (χ0n) is 16.3. The summed E-state index contributed by atoms with van der Waals surface area (Å²) in [6.07, 6.45) is 1.52. The summed E-state index contributed by atoms with van der Waals surface area (Å²) in [5.41, 5.74) is 2.33. The molecule has 0 saturated carbocycles. The Labute approximate surface area is 182 Å². The molecule has 0 unspecified atom stereocenters. The van der Waals surface area contributed by atoms with Crippen molar-refractivity contribution in [2.75, 3.05) is 40.3 Å². The van der Waals surface area contributed by atoms with Crippen LogP contribution in [-0.4, -0.2) is 62.0 Å². The van der Waals surface area contributed by atoms with Crippen LogP contribution >= 0.6 is 24.0 Å². The van der Waals surface area contributed by atoms with Crippen LogP contribution < -0.4 is 5.32 Å². The highest BCUT2D eigenvalue weighted by atomic mass is 127. The Morgan fingerprint density at radius 1 is 1.14 bits per heavy atom. The number of rotatable bonds is 5. The SMILES string of the molecule is CN=C(NCc1cccc(COC)c1)N1CCN(C(=O)c2ccco2)CC1.I. The normalized spacial score (nSPS) is 14.6. The maximum atomic E-state index is 12.4. The third-order valence-corrected chi connectivity index (χ3v) is 4.56. The minimum Gasteiger partial charge on any atom is -0.459 e. The van der Waals surface area contributed by atoms with Crippen LogP contribution in [0.2, 0.25) is 0 Å². The number of amides is 1. The Morgan fingerprint density at radius 2 is 1.86 bits per heavy atom. The van der Waals surface area contributed by atoms with Crippen LogP contribution in [0.15, 0.2) is 52.1 Å². The number of furan rings is 1. The zero-order valence-corrected chi connectivity index (χ0v) is 18.6. The van der Waals surface area contributed by atoms with Crippen LogP contribution in [-0.2, 0) is 17.9 Å². The fourth-order valence-corrected chi connectivity index (χ4v) is 3.19. The van der Waals surface area contributed by atoms with Crippen molar-refractivity contribution >= 4 is 35.8 Å². The quantitative estimate of drug-likeness (QED) is 0.390. The standard InChI is InChI=1S/C20H26N4O3.HI/c1-21-20(22-14-16-5-3-6-17(13-16)15-26-2)24-10-8-23(9-11-24)19(25)18-7-4-12-27-18;/h3-7,12-13H,8-11,14-15H2,1-2H3,(H,21,22);1H. The van der Waals surface area contributed by atoms with E-state index in [1.165, 1.54) is 11.8 Å². The van der Waals surface area contributed by atoms with Crippen molar-refractivity contribution in [2.45, 2.75) is 13.2 Å². The number of nitrogens with zero attached hydrogens (tertiary/aromatic N) is 3. The highest BCUT2D eigenvalue weighted by molar-refractivity contribution is 14.0. The molecule has 3 rings (SSSR count). The molecule has 1 fully saturated rings. The van der Waals surface area contributed by atoms with Gasteiger partial charge >= 0.3 is 0 Å². The van der Waals surface area contributed by atoms with Gasteiger partial charge < -0.3 is 24.3 Å². The van der Waals surface area contributed by atoms with Gasteiger partial charge in [0.2, 0.25) is 0 Å². The number of nitrogens with one attached hydrogen (secondary N) is 1. The molecular formula is C20H27IN4O3. The zero-order chi connectivity index (χ0) is 19.1. The van der Waals surface area contributed by atoms with Crippen LogP contribution in [0.4, 0.5) is 0 Å². The fraction of sp³-hybridized carbons (Fsp3) is 0.400. The molecule has 1 aliphatic heterocycles. The Kier molecular flexibility index (Phi) is 8.78. The first-order valence-electron chi connectivity index (χ1n) is 9.06. The lowest BCUT2D eigenvalue weighted by Gasteiger charge is -2.36. The summed E-state index contributed by atoms with van der Waals surface area (Å²) < 4.78 is 10.4. The lowest BCUT2D eigenvalue weighted by atomic mass is 10.1. The molecule has 8 heteroatoms. The number of piperazine rings is 1. The molecular weight excluding hydrogens is 471 g/mol. The molecule has 152 valence electrons. The van der Waals surface area contributed by atoms with Crippen molar-refractivity contribution in [1.29, 1.82) is 0 Å². The number of carbonyl (C=O) groups excluding carboxylic acids is 1. The van der Waals surface area contributed by atoms with Crippen LogP contribution in [0.25, 0.3) is 0 Å². The third kappa shape index (κ3) is 5.71. The highest BCUT2D eigenvalue weighted by Gasteiger charge is 2.25. The van der Waals surface area contributed by atoms with Crippen molar-refractivity contribution in [1.82, 2.24) is 15.1 Å². The van der Waals surface area contributed by atoms with Gasteiger partial charge in [0.1, 0.15) is 0 Å². The van der Waals surface area contributed by atoms with Gasteiger partial charge in [-0.15, -0.1) is 24.0 Å². The topological polar surface area (TPSA) is 70.3 Å². The molecule has 0 aliphatic carbocycles. The molecule has 1 aromatic carbocycles. The van der Waals surface area contributed by atoms with Crippen molar-refractivity contribution < 1.29 is 13.9 Å². The van der Waals surface area contributed by atoms with E-state index in [0.717, 1.165) is 24.6 Å². The van der Waals surface area contributed by atoms with E-state index in [9.17, 15) is 4.79 Å². The van der Waals surface area contributed by atoms with E-state index in [2.05, 4.69) is 33.4 Å². The summed E-state index contributed by atoms with van der Waals surface area (Å²) in [6, 6.07) is 11.7. The number of halogens is 1. The van der Waals surface area contributed by atoms with Gasteiger partial charge in [-0.3, -0.25) is 9.79 Å². The molecule has 0 radical (unpaired) electrons. The predicted octanol–water partition coefficient (Wildman–Crippen LogP) is 2.58. The monoisotopic (exact) mass is 498 g/mol. The number of carbonyl (C=O) groups is 1. The molecule has 0 atom stereocenters. The van der Waals surface area contributed by atoms with Crippen LogP contribution in [0.1, 0.15) is 21.7 Å². The Hall–Kier alpha value is -2.07. The molecule has 1 aliphatic rings. The van der Waals surface area contributed by atoms with Crippen molar-refractivity contribution in [3.63, 3.8) is 0 Å². The smallest absolute Gasteiger partial charge is 0.289 e. The first-order chi connectivity index (χ1) is 13.2. The van der Waals surface area contributed by atoms with Crippen molar-refractivity contribution in [3.8, 4) is 0 Å². The highest BCUT2D eigenvalue weighted by Crippen LogP contribution is 2.10. The number of hydrogen-bond donors (Lipinski definition) is 1. The van der Waals surface area contributed by atoms with Gasteiger partial charge in [-0.1, -0.05) is 24.3 Å². The van der Waals surface area contributed by atoms with Gasteiger partial charge in [-0.05, 0) is 23.3 Å². The molecule has 28 heavy (non-hydrogen) atoms. The van der Waals surface area contributed by atoms with E-state index in [1.54, 1.807) is 26.3 Å². The minimum atomic E-state index is -0.0578. The molecule has 1 N–H and O–H groups in total. The average molecular weight is 498 g/mol. The van der Waals surface area contributed by atoms with Crippen LogP contribution in [0.5, 0.6) is 0 Å². The predicted molar refractivity (Wildman–Crippen MR) is 119 cm³/mol. The molecule has 2 aromatic rings. The molecule has 1 amide bonds. The second kappa shape index (κ2) is 11.1. The first kappa shape index (κ1) is 22.2. The van der Waals surface area contributed by atoms with Gasteiger partial charge in [-0.25, -0.2) is 0 Å². The summed E-state index contributed by atoms with van der Waals surface area (Å²) in [5.74, 6) is 1.18. The summed E-state index contributed by atoms with van der Waals surface area (Å²) in [4.78, 5) is 20.7. The largest absolute Gasteiger partial charge is 0.459 e. The number of guanidine groups is 1. The van der Waals surface area contributed by atoms with Gasteiger partial charge in [0.15, 0.2) is 11.7 Å². The first-order valence-corrected chi connectivity index (χ1v) is 9.06. The van der Waals surface area contributed by atoms with E-state index in [-0.39, 0.29) is 29.9 Å². The summed E-state index contributed by atoms with van der Waals surface area (Å²) in [6.45, 7) is 4.04. The Morgan fingerprint density at radius 3 is 2.50 bits per heavy atom. The second-order valence-corrected chi connectivity index (χ2v) is 6.41. The number of hydrogen-bond acceptors (Lipinski definition) is 4. The number of benzene rings is 1. The van der Waals surface area contributed by atoms with E-state index < -0.39 is 0 Å². The summed E-state index contributed by atoms with van der Waals surface area (Å²) in [5, 5.41) is 3.41. The molecule has 0 spiro atoms. The number of ether oxygens (including phenoxy) is 1. The molecule has 1 saturated heterocycles. The lowest BCUT2D eigenvalue weighted by molar-refractivity contribution is 0.0657. The average Bonchev–Trinajstić information content (AvgIpc) is 3.24. The molecule has 2 heterocycles. The minimum absolute atomic E-state index is 0. The molecule has 0 bridgehead atoms. The maximum Gasteiger partial charge on any atom is 0.289 e. The van der Waals surface area contributed by atoms with Crippen molar-refractivity contribution in [2.24, 2.45) is 4.99 Å². The Bertz CT molecular complexity index is 772.